The summed E-state index contributed by atoms with van der Waals surface area (Å²) >= 11 is 0. The SMILES string of the molecule is FC1(CN2CC3(CNC3)C2)CCNCC1. The number of alkyl halides is 1. The number of halogens is 1. The Kier molecular flexibility index (Phi) is 2.27. The zero-order valence-electron chi connectivity index (χ0n) is 9.19. The van der Waals surface area contributed by atoms with Gasteiger partial charge in [0.05, 0.1) is 0 Å². The minimum absolute atomic E-state index is 0.531. The van der Waals surface area contributed by atoms with E-state index >= 15 is 0 Å². The summed E-state index contributed by atoms with van der Waals surface area (Å²) in [6, 6.07) is 0. The third kappa shape index (κ3) is 1.79. The number of nitrogens with one attached hydrogen (secondary N) is 2. The lowest BCUT2D eigenvalue weighted by atomic mass is 9.74. The number of hydrogen-bond acceptors (Lipinski definition) is 3. The predicted octanol–water partition coefficient (Wildman–Crippen LogP) is -0.0167. The summed E-state index contributed by atoms with van der Waals surface area (Å²) in [7, 11) is 0. The smallest absolute Gasteiger partial charge is 0.126 e. The van der Waals surface area contributed by atoms with Gasteiger partial charge in [-0.2, -0.15) is 0 Å². The van der Waals surface area contributed by atoms with E-state index in [1.54, 1.807) is 0 Å². The Labute approximate surface area is 90.4 Å². The van der Waals surface area contributed by atoms with Gasteiger partial charge in [0.15, 0.2) is 0 Å². The average Bonchev–Trinajstić information content (AvgIpc) is 2.09. The molecule has 0 bridgehead atoms. The lowest BCUT2D eigenvalue weighted by Gasteiger charge is -2.57. The molecule has 0 saturated carbocycles. The van der Waals surface area contributed by atoms with Crippen LogP contribution in [0.5, 0.6) is 0 Å². The largest absolute Gasteiger partial charge is 0.316 e. The van der Waals surface area contributed by atoms with E-state index in [2.05, 4.69) is 15.5 Å². The quantitative estimate of drug-likeness (QED) is 0.675. The normalized spacial score (nSPS) is 33.4. The molecular formula is C11H20FN3. The molecule has 3 nitrogen and oxygen atoms in total. The maximum atomic E-state index is 14.3. The molecule has 4 heteroatoms. The van der Waals surface area contributed by atoms with Gasteiger partial charge in [-0.3, -0.25) is 4.90 Å². The van der Waals surface area contributed by atoms with Gasteiger partial charge in [0.25, 0.3) is 0 Å². The van der Waals surface area contributed by atoms with Crippen molar-refractivity contribution >= 4 is 0 Å². The maximum absolute atomic E-state index is 14.3. The molecule has 3 saturated heterocycles. The second kappa shape index (κ2) is 3.40. The van der Waals surface area contributed by atoms with Crippen molar-refractivity contribution in [1.29, 1.82) is 0 Å². The van der Waals surface area contributed by atoms with Crippen molar-refractivity contribution in [2.45, 2.75) is 18.5 Å². The first-order valence-electron chi connectivity index (χ1n) is 6.03. The van der Waals surface area contributed by atoms with Gasteiger partial charge < -0.3 is 10.6 Å². The second-order valence-electron chi connectivity index (χ2n) is 5.65. The van der Waals surface area contributed by atoms with Crippen LogP contribution in [0.2, 0.25) is 0 Å². The lowest BCUT2D eigenvalue weighted by molar-refractivity contribution is -0.0719. The third-order valence-electron chi connectivity index (χ3n) is 4.12. The Morgan fingerprint density at radius 3 is 2.27 bits per heavy atom. The van der Waals surface area contributed by atoms with Crippen LogP contribution in [0.4, 0.5) is 4.39 Å². The molecule has 2 N–H and O–H groups in total. The Hall–Kier alpha value is -0.190. The summed E-state index contributed by atoms with van der Waals surface area (Å²) in [5.74, 6) is 0. The highest BCUT2D eigenvalue weighted by Gasteiger charge is 2.49. The minimum Gasteiger partial charge on any atom is -0.316 e. The molecule has 0 unspecified atom stereocenters. The van der Waals surface area contributed by atoms with Gasteiger partial charge >= 0.3 is 0 Å². The first-order chi connectivity index (χ1) is 7.20. The molecule has 3 rings (SSSR count). The summed E-state index contributed by atoms with van der Waals surface area (Å²) in [6.07, 6.45) is 1.38. The van der Waals surface area contributed by atoms with E-state index in [1.165, 1.54) is 0 Å². The molecule has 15 heavy (non-hydrogen) atoms. The first-order valence-corrected chi connectivity index (χ1v) is 6.03. The van der Waals surface area contributed by atoms with Crippen LogP contribution in [0.25, 0.3) is 0 Å². The fourth-order valence-electron chi connectivity index (χ4n) is 3.15. The van der Waals surface area contributed by atoms with Crippen LogP contribution in [-0.4, -0.2) is 56.4 Å². The molecule has 3 aliphatic rings. The zero-order valence-corrected chi connectivity index (χ0v) is 9.19. The first kappa shape index (κ1) is 10.00. The lowest BCUT2D eigenvalue weighted by Crippen LogP contribution is -2.72. The van der Waals surface area contributed by atoms with Crippen LogP contribution >= 0.6 is 0 Å². The monoisotopic (exact) mass is 213 g/mol. The highest BCUT2D eigenvalue weighted by molar-refractivity contribution is 5.05. The standard InChI is InChI=1S/C11H20FN3/c12-11(1-3-13-4-2-11)9-15-7-10(8-15)5-14-6-10/h13-14H,1-9H2. The minimum atomic E-state index is -0.913. The summed E-state index contributed by atoms with van der Waals surface area (Å²) < 4.78 is 14.3. The van der Waals surface area contributed by atoms with Gasteiger partial charge in [-0.05, 0) is 25.9 Å². The van der Waals surface area contributed by atoms with E-state index < -0.39 is 5.67 Å². The molecule has 0 aromatic carbocycles. The molecule has 1 spiro atoms. The molecule has 3 heterocycles. The van der Waals surface area contributed by atoms with Crippen LogP contribution in [-0.2, 0) is 0 Å². The van der Waals surface area contributed by atoms with Crippen molar-refractivity contribution in [3.8, 4) is 0 Å². The van der Waals surface area contributed by atoms with Crippen LogP contribution in [0, 0.1) is 5.41 Å². The Morgan fingerprint density at radius 1 is 1.07 bits per heavy atom. The van der Waals surface area contributed by atoms with Gasteiger partial charge in [0, 0.05) is 38.1 Å². The van der Waals surface area contributed by atoms with E-state index in [9.17, 15) is 4.39 Å². The highest BCUT2D eigenvalue weighted by atomic mass is 19.1. The van der Waals surface area contributed by atoms with E-state index in [0.29, 0.717) is 24.8 Å². The van der Waals surface area contributed by atoms with Gasteiger partial charge in [0.1, 0.15) is 5.67 Å². The average molecular weight is 213 g/mol. The van der Waals surface area contributed by atoms with Gasteiger partial charge in [-0.15, -0.1) is 0 Å². The summed E-state index contributed by atoms with van der Waals surface area (Å²) in [4.78, 5) is 2.30. The predicted molar refractivity (Wildman–Crippen MR) is 57.7 cm³/mol. The Morgan fingerprint density at radius 2 is 1.73 bits per heavy atom. The molecular weight excluding hydrogens is 193 g/mol. The van der Waals surface area contributed by atoms with Crippen LogP contribution in [0.1, 0.15) is 12.8 Å². The van der Waals surface area contributed by atoms with E-state index in [-0.39, 0.29) is 0 Å². The van der Waals surface area contributed by atoms with E-state index in [4.69, 9.17) is 0 Å². The van der Waals surface area contributed by atoms with Crippen LogP contribution < -0.4 is 10.6 Å². The highest BCUT2D eigenvalue weighted by Crippen LogP contribution is 2.36. The van der Waals surface area contributed by atoms with Crippen molar-refractivity contribution in [3.05, 3.63) is 0 Å². The summed E-state index contributed by atoms with van der Waals surface area (Å²) in [5.41, 5.74) is -0.382. The van der Waals surface area contributed by atoms with E-state index in [0.717, 1.165) is 39.3 Å². The second-order valence-corrected chi connectivity index (χ2v) is 5.65. The molecule has 0 radical (unpaired) electrons. The van der Waals surface area contributed by atoms with Crippen molar-refractivity contribution < 1.29 is 4.39 Å². The molecule has 0 atom stereocenters. The van der Waals surface area contributed by atoms with Crippen molar-refractivity contribution in [2.24, 2.45) is 5.41 Å². The number of rotatable bonds is 2. The summed E-state index contributed by atoms with van der Waals surface area (Å²) in [6.45, 7) is 6.86. The number of nitrogens with zero attached hydrogens (tertiary/aromatic N) is 1. The third-order valence-corrected chi connectivity index (χ3v) is 4.12. The molecule has 3 aliphatic heterocycles. The van der Waals surface area contributed by atoms with Crippen LogP contribution in [0.15, 0.2) is 0 Å². The van der Waals surface area contributed by atoms with Gasteiger partial charge in [-0.25, -0.2) is 4.39 Å². The molecule has 0 aliphatic carbocycles. The fourth-order valence-corrected chi connectivity index (χ4v) is 3.15. The molecule has 86 valence electrons. The Bertz CT molecular complexity index is 238. The molecule has 0 aromatic rings. The Balaban J connectivity index is 1.49. The molecule has 0 aromatic heterocycles. The van der Waals surface area contributed by atoms with Crippen molar-refractivity contribution in [2.75, 3.05) is 45.8 Å². The van der Waals surface area contributed by atoms with Crippen LogP contribution in [0.3, 0.4) is 0 Å². The number of piperidine rings is 1. The maximum Gasteiger partial charge on any atom is 0.126 e. The van der Waals surface area contributed by atoms with E-state index in [1.807, 2.05) is 0 Å². The summed E-state index contributed by atoms with van der Waals surface area (Å²) in [5, 5.41) is 6.53. The van der Waals surface area contributed by atoms with Gasteiger partial charge in [0.2, 0.25) is 0 Å². The topological polar surface area (TPSA) is 27.3 Å². The number of hydrogen-bond donors (Lipinski definition) is 2. The number of likely N-dealkylation sites (tertiary alicyclic amines) is 1. The van der Waals surface area contributed by atoms with Crippen molar-refractivity contribution in [3.63, 3.8) is 0 Å². The van der Waals surface area contributed by atoms with Crippen molar-refractivity contribution in [1.82, 2.24) is 15.5 Å². The fraction of sp³-hybridized carbons (Fsp3) is 1.00. The molecule has 0 amide bonds. The molecule has 3 fully saturated rings. The zero-order chi connectivity index (χ0) is 10.4. The van der Waals surface area contributed by atoms with Gasteiger partial charge in [-0.1, -0.05) is 0 Å².